The van der Waals surface area contributed by atoms with E-state index in [1.165, 1.54) is 0 Å². The zero-order valence-electron chi connectivity index (χ0n) is 11.5. The van der Waals surface area contributed by atoms with E-state index in [9.17, 15) is 4.79 Å². The Morgan fingerprint density at radius 1 is 1.29 bits per heavy atom. The van der Waals surface area contributed by atoms with Crippen molar-refractivity contribution in [3.05, 3.63) is 58.2 Å². The quantitative estimate of drug-likeness (QED) is 0.729. The van der Waals surface area contributed by atoms with Crippen LogP contribution in [0, 0.1) is 0 Å². The first-order valence-electron chi connectivity index (χ1n) is 7.06. The van der Waals surface area contributed by atoms with Gasteiger partial charge < -0.3 is 9.30 Å². The van der Waals surface area contributed by atoms with Crippen LogP contribution in [0.3, 0.4) is 0 Å². The van der Waals surface area contributed by atoms with Crippen LogP contribution in [0.15, 0.2) is 41.9 Å². The van der Waals surface area contributed by atoms with Crippen LogP contribution in [-0.4, -0.2) is 26.7 Å². The van der Waals surface area contributed by atoms with Crippen molar-refractivity contribution in [2.45, 2.75) is 19.4 Å². The van der Waals surface area contributed by atoms with Gasteiger partial charge in [-0.15, -0.1) is 11.3 Å². The summed E-state index contributed by atoms with van der Waals surface area (Å²) >= 11 is 1.64. The molecule has 0 fully saturated rings. The van der Waals surface area contributed by atoms with Crippen LogP contribution >= 0.6 is 11.3 Å². The molecule has 4 heterocycles. The Morgan fingerprint density at radius 3 is 3.10 bits per heavy atom. The van der Waals surface area contributed by atoms with E-state index >= 15 is 0 Å². The van der Waals surface area contributed by atoms with Crippen LogP contribution in [0.2, 0.25) is 0 Å². The lowest BCUT2D eigenvalue weighted by atomic mass is 10.1. The number of hydrogen-bond acceptors (Lipinski definition) is 3. The summed E-state index contributed by atoms with van der Waals surface area (Å²) in [5.41, 5.74) is 3.24. The average molecular weight is 297 g/mol. The third-order valence-electron chi connectivity index (χ3n) is 3.93. The maximum atomic E-state index is 12.4. The van der Waals surface area contributed by atoms with Gasteiger partial charge in [0.25, 0.3) is 0 Å². The molecule has 1 amide bonds. The second-order valence-electron chi connectivity index (χ2n) is 5.26. The monoisotopic (exact) mass is 297 g/mol. The summed E-state index contributed by atoms with van der Waals surface area (Å²) < 4.78 is 2.10. The molecule has 0 bridgehead atoms. The first kappa shape index (κ1) is 12.6. The van der Waals surface area contributed by atoms with Gasteiger partial charge in [0.15, 0.2) is 0 Å². The van der Waals surface area contributed by atoms with Gasteiger partial charge in [0.05, 0.1) is 24.4 Å². The lowest BCUT2D eigenvalue weighted by molar-refractivity contribution is -0.131. The summed E-state index contributed by atoms with van der Waals surface area (Å²) in [6.45, 7) is 1.42. The fourth-order valence-electron chi connectivity index (χ4n) is 2.85. The Kier molecular flexibility index (Phi) is 3.00. The van der Waals surface area contributed by atoms with Gasteiger partial charge in [0.2, 0.25) is 5.91 Å². The molecule has 0 aliphatic carbocycles. The number of rotatable bonds is 2. The number of amides is 1. The Balaban J connectivity index is 1.59. The van der Waals surface area contributed by atoms with Crippen molar-refractivity contribution in [3.63, 3.8) is 0 Å². The van der Waals surface area contributed by atoms with Gasteiger partial charge in [-0.2, -0.15) is 0 Å². The van der Waals surface area contributed by atoms with Gasteiger partial charge in [0.1, 0.15) is 5.65 Å². The fourth-order valence-corrected chi connectivity index (χ4v) is 3.55. The Labute approximate surface area is 126 Å². The summed E-state index contributed by atoms with van der Waals surface area (Å²) in [4.78, 5) is 20.2. The second-order valence-corrected chi connectivity index (χ2v) is 6.29. The molecular weight excluding hydrogens is 282 g/mol. The molecule has 4 nitrogen and oxygen atoms in total. The van der Waals surface area contributed by atoms with Crippen molar-refractivity contribution in [1.29, 1.82) is 0 Å². The Bertz CT molecular complexity index is 791. The number of hydrogen-bond donors (Lipinski definition) is 0. The largest absolute Gasteiger partial charge is 0.336 e. The Morgan fingerprint density at radius 2 is 2.24 bits per heavy atom. The Hall–Kier alpha value is -2.14. The predicted octanol–water partition coefficient (Wildman–Crippen LogP) is 2.52. The number of aromatic nitrogens is 2. The summed E-state index contributed by atoms with van der Waals surface area (Å²) in [6, 6.07) is 10.0. The van der Waals surface area contributed by atoms with E-state index in [0.717, 1.165) is 34.9 Å². The number of fused-ring (bicyclic) bond motifs is 3. The normalized spacial score (nSPS) is 14.4. The summed E-state index contributed by atoms with van der Waals surface area (Å²) in [5, 5.41) is 2.02. The van der Waals surface area contributed by atoms with Crippen LogP contribution < -0.4 is 0 Å². The molecular formula is C16H15N3OS. The minimum Gasteiger partial charge on any atom is -0.336 e. The molecule has 3 aromatic rings. The van der Waals surface area contributed by atoms with E-state index in [1.54, 1.807) is 11.3 Å². The highest BCUT2D eigenvalue weighted by Crippen LogP contribution is 2.21. The van der Waals surface area contributed by atoms with Crippen LogP contribution in [-0.2, 0) is 24.2 Å². The highest BCUT2D eigenvalue weighted by molar-refractivity contribution is 7.10. The van der Waals surface area contributed by atoms with Crippen LogP contribution in [0.25, 0.3) is 5.65 Å². The van der Waals surface area contributed by atoms with Gasteiger partial charge in [-0.25, -0.2) is 4.98 Å². The molecule has 106 valence electrons. The van der Waals surface area contributed by atoms with E-state index in [2.05, 4.69) is 9.38 Å². The molecule has 0 saturated heterocycles. The average Bonchev–Trinajstić information content (AvgIpc) is 3.13. The van der Waals surface area contributed by atoms with Gasteiger partial charge in [-0.1, -0.05) is 12.1 Å². The molecule has 3 aromatic heterocycles. The molecule has 4 rings (SSSR count). The van der Waals surface area contributed by atoms with E-state index < -0.39 is 0 Å². The summed E-state index contributed by atoms with van der Waals surface area (Å²) in [5.74, 6) is 0.203. The van der Waals surface area contributed by atoms with Crippen LogP contribution in [0.1, 0.15) is 16.3 Å². The maximum Gasteiger partial charge on any atom is 0.228 e. The van der Waals surface area contributed by atoms with Crippen molar-refractivity contribution >= 4 is 22.9 Å². The second kappa shape index (κ2) is 5.00. The van der Waals surface area contributed by atoms with Crippen molar-refractivity contribution in [2.24, 2.45) is 0 Å². The molecule has 0 radical (unpaired) electrons. The number of pyridine rings is 1. The van der Waals surface area contributed by atoms with Gasteiger partial charge >= 0.3 is 0 Å². The van der Waals surface area contributed by atoms with Gasteiger partial charge in [-0.05, 0) is 23.6 Å². The molecule has 21 heavy (non-hydrogen) atoms. The van der Waals surface area contributed by atoms with E-state index in [4.69, 9.17) is 0 Å². The van der Waals surface area contributed by atoms with E-state index in [1.807, 2.05) is 46.8 Å². The number of carbonyl (C=O) groups excluding carboxylic acids is 1. The maximum absolute atomic E-state index is 12.4. The molecule has 0 unspecified atom stereocenters. The molecule has 5 heteroatoms. The molecule has 0 N–H and O–H groups in total. The lowest BCUT2D eigenvalue weighted by Crippen LogP contribution is -2.37. The lowest BCUT2D eigenvalue weighted by Gasteiger charge is -2.26. The van der Waals surface area contributed by atoms with Crippen molar-refractivity contribution in [2.75, 3.05) is 6.54 Å². The van der Waals surface area contributed by atoms with E-state index in [0.29, 0.717) is 13.0 Å². The first-order chi connectivity index (χ1) is 10.3. The minimum absolute atomic E-state index is 0.203. The zero-order chi connectivity index (χ0) is 14.2. The predicted molar refractivity (Wildman–Crippen MR) is 82.3 cm³/mol. The molecule has 0 aromatic carbocycles. The van der Waals surface area contributed by atoms with Crippen LogP contribution in [0.5, 0.6) is 0 Å². The number of nitrogens with zero attached hydrogens (tertiary/aromatic N) is 3. The fraction of sp³-hybridized carbons (Fsp3) is 0.250. The van der Waals surface area contributed by atoms with Crippen LogP contribution in [0.4, 0.5) is 0 Å². The van der Waals surface area contributed by atoms with Gasteiger partial charge in [0, 0.05) is 24.0 Å². The SMILES string of the molecule is O=C(Cc1cccs1)N1CCc2nc3ccccn3c2C1. The molecule has 0 spiro atoms. The van der Waals surface area contributed by atoms with Crippen molar-refractivity contribution in [3.8, 4) is 0 Å². The zero-order valence-corrected chi connectivity index (χ0v) is 12.3. The third kappa shape index (κ3) is 2.23. The highest BCUT2D eigenvalue weighted by atomic mass is 32.1. The first-order valence-corrected chi connectivity index (χ1v) is 7.94. The topological polar surface area (TPSA) is 37.6 Å². The third-order valence-corrected chi connectivity index (χ3v) is 4.81. The summed E-state index contributed by atoms with van der Waals surface area (Å²) in [7, 11) is 0. The van der Waals surface area contributed by atoms with E-state index in [-0.39, 0.29) is 5.91 Å². The molecule has 1 aliphatic heterocycles. The van der Waals surface area contributed by atoms with Crippen molar-refractivity contribution < 1.29 is 4.79 Å². The molecule has 0 atom stereocenters. The van der Waals surface area contributed by atoms with Crippen molar-refractivity contribution in [1.82, 2.24) is 14.3 Å². The standard InChI is InChI=1S/C16H15N3OS/c20-16(10-12-4-3-9-21-12)18-8-6-13-14(11-18)19-7-2-1-5-15(19)17-13/h1-5,7,9H,6,8,10-11H2. The number of thiophene rings is 1. The minimum atomic E-state index is 0.203. The number of carbonyl (C=O) groups is 1. The molecule has 0 saturated carbocycles. The number of imidazole rings is 1. The van der Waals surface area contributed by atoms with Gasteiger partial charge in [-0.3, -0.25) is 4.79 Å². The summed E-state index contributed by atoms with van der Waals surface area (Å²) in [6.07, 6.45) is 3.37. The molecule has 1 aliphatic rings. The smallest absolute Gasteiger partial charge is 0.228 e. The highest BCUT2D eigenvalue weighted by Gasteiger charge is 2.24.